The molecule has 0 unspecified atom stereocenters. The number of fused-ring (bicyclic) bond motifs is 1. The molecule has 37 heavy (non-hydrogen) atoms. The van der Waals surface area contributed by atoms with Gasteiger partial charge in [0.1, 0.15) is 0 Å². The van der Waals surface area contributed by atoms with Crippen molar-refractivity contribution in [2.75, 3.05) is 6.61 Å². The van der Waals surface area contributed by atoms with Crippen molar-refractivity contribution >= 4 is 17.7 Å². The van der Waals surface area contributed by atoms with Crippen LogP contribution in [-0.4, -0.2) is 24.3 Å². The molecule has 0 aliphatic heterocycles. The first kappa shape index (κ1) is 26.4. The van der Waals surface area contributed by atoms with Gasteiger partial charge in [-0.05, 0) is 78.0 Å². The largest absolute Gasteiger partial charge is 0.464 e. The van der Waals surface area contributed by atoms with Gasteiger partial charge in [0.2, 0.25) is 5.78 Å². The number of ether oxygens (including phenoxy) is 1. The quantitative estimate of drug-likeness (QED) is 0.308. The zero-order chi connectivity index (χ0) is 27.0. The van der Waals surface area contributed by atoms with Crippen LogP contribution in [0.3, 0.4) is 0 Å². The van der Waals surface area contributed by atoms with Crippen LogP contribution >= 0.6 is 0 Å². The van der Waals surface area contributed by atoms with Gasteiger partial charge in [0.05, 0.1) is 6.61 Å². The summed E-state index contributed by atoms with van der Waals surface area (Å²) < 4.78 is 10.9. The molecule has 6 heteroatoms. The molecule has 1 atom stereocenters. The third-order valence-corrected chi connectivity index (χ3v) is 7.43. The normalized spacial score (nSPS) is 16.4. The lowest BCUT2D eigenvalue weighted by Crippen LogP contribution is -2.34. The number of amides is 1. The van der Waals surface area contributed by atoms with E-state index in [1.807, 2.05) is 19.1 Å². The summed E-state index contributed by atoms with van der Waals surface area (Å²) in [5.41, 5.74) is 4.50. The van der Waals surface area contributed by atoms with Gasteiger partial charge in [-0.25, -0.2) is 4.79 Å². The van der Waals surface area contributed by atoms with Crippen molar-refractivity contribution in [2.45, 2.75) is 71.3 Å². The van der Waals surface area contributed by atoms with Gasteiger partial charge >= 0.3 is 5.97 Å². The average molecular weight is 502 g/mol. The number of benzene rings is 2. The molecule has 2 aromatic carbocycles. The van der Waals surface area contributed by atoms with Crippen LogP contribution in [0.4, 0.5) is 0 Å². The Balaban J connectivity index is 1.61. The lowest BCUT2D eigenvalue weighted by Gasteiger charge is -2.42. The predicted octanol–water partition coefficient (Wildman–Crippen LogP) is 6.20. The molecule has 0 saturated carbocycles. The summed E-state index contributed by atoms with van der Waals surface area (Å²) in [4.78, 5) is 39.0. The van der Waals surface area contributed by atoms with E-state index in [1.165, 1.54) is 23.3 Å². The van der Waals surface area contributed by atoms with Crippen LogP contribution in [0.5, 0.6) is 0 Å². The highest BCUT2D eigenvalue weighted by atomic mass is 16.5. The smallest absolute Gasteiger partial charge is 0.333 e. The lowest BCUT2D eigenvalue weighted by molar-refractivity contribution is -0.145. The second-order valence-electron chi connectivity index (χ2n) is 11.0. The molecule has 0 radical (unpaired) electrons. The minimum atomic E-state index is -0.994. The molecule has 3 aromatic rings. The van der Waals surface area contributed by atoms with E-state index < -0.39 is 17.9 Å². The molecule has 1 aliphatic rings. The summed E-state index contributed by atoms with van der Waals surface area (Å²) in [7, 11) is 0. The molecule has 1 heterocycles. The van der Waals surface area contributed by atoms with Gasteiger partial charge in [-0.3, -0.25) is 9.59 Å². The molecule has 1 amide bonds. The molecule has 1 aliphatic carbocycles. The molecule has 0 saturated heterocycles. The molecule has 1 aromatic heterocycles. The first-order valence-electron chi connectivity index (χ1n) is 12.8. The highest BCUT2D eigenvalue weighted by Crippen LogP contribution is 2.46. The van der Waals surface area contributed by atoms with Crippen molar-refractivity contribution in [1.82, 2.24) is 5.32 Å². The van der Waals surface area contributed by atoms with E-state index in [1.54, 1.807) is 31.2 Å². The van der Waals surface area contributed by atoms with E-state index in [9.17, 15) is 14.4 Å². The second kappa shape index (κ2) is 10.0. The Kier molecular flexibility index (Phi) is 7.13. The maximum absolute atomic E-state index is 13.5. The number of hydrogen-bond acceptors (Lipinski definition) is 5. The highest BCUT2D eigenvalue weighted by Gasteiger charge is 2.38. The topological polar surface area (TPSA) is 85.6 Å². The van der Waals surface area contributed by atoms with Crippen molar-refractivity contribution in [1.29, 1.82) is 0 Å². The van der Waals surface area contributed by atoms with Crippen molar-refractivity contribution in [3.63, 3.8) is 0 Å². The number of hydrogen-bond donors (Lipinski definition) is 1. The number of furan rings is 1. The summed E-state index contributed by atoms with van der Waals surface area (Å²) in [6, 6.07) is 15.0. The van der Waals surface area contributed by atoms with Crippen LogP contribution < -0.4 is 5.32 Å². The predicted molar refractivity (Wildman–Crippen MR) is 142 cm³/mol. The van der Waals surface area contributed by atoms with E-state index in [0.29, 0.717) is 11.1 Å². The number of esters is 1. The summed E-state index contributed by atoms with van der Waals surface area (Å²) in [6.07, 6.45) is 2.13. The van der Waals surface area contributed by atoms with Crippen molar-refractivity contribution < 1.29 is 23.5 Å². The number of aryl methyl sites for hydroxylation is 1. The third-order valence-electron chi connectivity index (χ3n) is 7.43. The molecule has 0 bridgehead atoms. The Morgan fingerprint density at radius 2 is 1.51 bits per heavy atom. The molecule has 6 nitrogen and oxygen atoms in total. The van der Waals surface area contributed by atoms with Crippen molar-refractivity contribution in [2.24, 2.45) is 0 Å². The molecular weight excluding hydrogens is 466 g/mol. The second-order valence-corrected chi connectivity index (χ2v) is 11.0. The summed E-state index contributed by atoms with van der Waals surface area (Å²) in [6.45, 7) is 12.8. The first-order chi connectivity index (χ1) is 17.4. The maximum Gasteiger partial charge on any atom is 0.333 e. The van der Waals surface area contributed by atoms with E-state index in [0.717, 1.165) is 18.4 Å². The zero-order valence-electron chi connectivity index (χ0n) is 22.4. The number of carbonyl (C=O) groups excluding carboxylic acids is 3. The minimum absolute atomic E-state index is 0.0403. The van der Waals surface area contributed by atoms with E-state index >= 15 is 0 Å². The van der Waals surface area contributed by atoms with Crippen LogP contribution in [-0.2, 0) is 20.4 Å². The van der Waals surface area contributed by atoms with E-state index in [4.69, 9.17) is 9.15 Å². The lowest BCUT2D eigenvalue weighted by atomic mass is 9.62. The fraction of sp³-hybridized carbons (Fsp3) is 0.387. The van der Waals surface area contributed by atoms with Crippen LogP contribution in [0.2, 0.25) is 0 Å². The Labute approximate surface area is 218 Å². The van der Waals surface area contributed by atoms with Gasteiger partial charge in [0, 0.05) is 5.56 Å². The Morgan fingerprint density at radius 3 is 2.14 bits per heavy atom. The molecule has 0 fully saturated rings. The summed E-state index contributed by atoms with van der Waals surface area (Å²) in [5.74, 6) is -1.42. The Morgan fingerprint density at radius 1 is 0.919 bits per heavy atom. The summed E-state index contributed by atoms with van der Waals surface area (Å²) >= 11 is 0. The molecule has 4 rings (SSSR count). The molecule has 0 spiro atoms. The van der Waals surface area contributed by atoms with E-state index in [-0.39, 0.29) is 34.7 Å². The fourth-order valence-corrected chi connectivity index (χ4v) is 5.03. The van der Waals surface area contributed by atoms with Crippen molar-refractivity contribution in [3.05, 3.63) is 93.9 Å². The van der Waals surface area contributed by atoms with Gasteiger partial charge in [0.15, 0.2) is 17.6 Å². The third kappa shape index (κ3) is 5.24. The van der Waals surface area contributed by atoms with E-state index in [2.05, 4.69) is 39.1 Å². The average Bonchev–Trinajstić information content (AvgIpc) is 3.36. The van der Waals surface area contributed by atoms with Crippen LogP contribution in [0, 0.1) is 6.92 Å². The number of carbonyl (C=O) groups is 3. The Bertz CT molecular complexity index is 1330. The summed E-state index contributed by atoms with van der Waals surface area (Å²) in [5, 5.41) is 2.68. The van der Waals surface area contributed by atoms with Crippen LogP contribution in [0.25, 0.3) is 0 Å². The van der Waals surface area contributed by atoms with Gasteiger partial charge in [-0.15, -0.1) is 0 Å². The SMILES string of the molecule is CCOC(=O)[C@H](NC(=O)c1ccc(C(=O)c2cc3c(cc2C)C(C)(C)CCC3(C)C)o1)c1ccccc1. The van der Waals surface area contributed by atoms with Crippen molar-refractivity contribution in [3.8, 4) is 0 Å². The van der Waals surface area contributed by atoms with Crippen LogP contribution in [0.15, 0.2) is 59.0 Å². The van der Waals surface area contributed by atoms with Crippen LogP contribution in [0.1, 0.15) is 102 Å². The first-order valence-corrected chi connectivity index (χ1v) is 12.8. The monoisotopic (exact) mass is 501 g/mol. The molecule has 194 valence electrons. The van der Waals surface area contributed by atoms with Gasteiger partial charge in [-0.1, -0.05) is 64.1 Å². The molecule has 1 N–H and O–H groups in total. The zero-order valence-corrected chi connectivity index (χ0v) is 22.4. The fourth-order valence-electron chi connectivity index (χ4n) is 5.03. The highest BCUT2D eigenvalue weighted by molar-refractivity contribution is 6.09. The van der Waals surface area contributed by atoms with Gasteiger partial charge < -0.3 is 14.5 Å². The standard InChI is InChI=1S/C31H35NO5/c1-7-36-29(35)26(20-11-9-8-10-12-20)32-28(34)25-14-13-24(37-25)27(33)21-18-23-22(17-19(21)2)30(3,4)15-16-31(23,5)6/h8-14,17-18,26H,7,15-16H2,1-6H3,(H,32,34)/t26-/m1/s1. The minimum Gasteiger partial charge on any atom is -0.464 e. The van der Waals surface area contributed by atoms with Gasteiger partial charge in [0.25, 0.3) is 5.91 Å². The van der Waals surface area contributed by atoms with Gasteiger partial charge in [-0.2, -0.15) is 0 Å². The maximum atomic E-state index is 13.5. The number of ketones is 1. The number of nitrogens with one attached hydrogen (secondary N) is 1. The number of rotatable bonds is 7. The molecular formula is C31H35NO5. The Hall–Kier alpha value is -3.67.